The summed E-state index contributed by atoms with van der Waals surface area (Å²) in [7, 11) is 4.88. The Balaban J connectivity index is 1.55. The van der Waals surface area contributed by atoms with E-state index in [1.807, 2.05) is 23.1 Å². The summed E-state index contributed by atoms with van der Waals surface area (Å²) in [5, 5.41) is 2.06. The lowest BCUT2D eigenvalue weighted by Gasteiger charge is -2.35. The third-order valence-electron chi connectivity index (χ3n) is 5.07. The summed E-state index contributed by atoms with van der Waals surface area (Å²) in [4.78, 5) is 18.1. The van der Waals surface area contributed by atoms with Crippen LogP contribution in [0.4, 0.5) is 0 Å². The van der Waals surface area contributed by atoms with Crippen LogP contribution in [-0.4, -0.2) is 63.2 Å². The predicted octanol–water partition coefficient (Wildman–Crippen LogP) is 3.05. The number of hydrogen-bond donors (Lipinski definition) is 0. The third-order valence-corrected chi connectivity index (χ3v) is 6.01. The molecule has 0 saturated carbocycles. The molecule has 0 aliphatic carbocycles. The van der Waals surface area contributed by atoms with Gasteiger partial charge in [-0.15, -0.1) is 11.3 Å². The van der Waals surface area contributed by atoms with E-state index < -0.39 is 0 Å². The van der Waals surface area contributed by atoms with E-state index in [0.29, 0.717) is 23.7 Å². The summed E-state index contributed by atoms with van der Waals surface area (Å²) in [6, 6.07) is 8.04. The molecule has 1 saturated heterocycles. The molecule has 3 rings (SSSR count). The smallest absolute Gasteiger partial charge is 0.223 e. The number of thiophene rings is 1. The monoisotopic (exact) mass is 404 g/mol. The molecule has 1 aliphatic heterocycles. The lowest BCUT2D eigenvalue weighted by atomic mass is 10.1. The second-order valence-electron chi connectivity index (χ2n) is 6.73. The van der Waals surface area contributed by atoms with Gasteiger partial charge in [-0.1, -0.05) is 12.1 Å². The number of rotatable bonds is 8. The Kier molecular flexibility index (Phi) is 7.17. The van der Waals surface area contributed by atoms with Crippen molar-refractivity contribution in [2.45, 2.75) is 19.4 Å². The highest BCUT2D eigenvalue weighted by Crippen LogP contribution is 2.40. The molecule has 0 bridgehead atoms. The van der Waals surface area contributed by atoms with Crippen LogP contribution in [0, 0.1) is 0 Å². The largest absolute Gasteiger partial charge is 0.493 e. The van der Waals surface area contributed by atoms with Gasteiger partial charge < -0.3 is 19.1 Å². The molecule has 7 heteroatoms. The fraction of sp³-hybridized carbons (Fsp3) is 0.476. The molecule has 6 nitrogen and oxygen atoms in total. The first kappa shape index (κ1) is 20.5. The van der Waals surface area contributed by atoms with Crippen molar-refractivity contribution in [3.8, 4) is 17.2 Å². The van der Waals surface area contributed by atoms with Crippen molar-refractivity contribution >= 4 is 17.2 Å². The number of amides is 1. The van der Waals surface area contributed by atoms with Crippen LogP contribution in [-0.2, 0) is 17.8 Å². The molecule has 1 amide bonds. The SMILES string of the molecule is COc1ccc(CN2CCN(C(=O)CCc3cccs3)CC2)c(OC)c1OC. The second kappa shape index (κ2) is 9.80. The molecular formula is C21H28N2O4S. The molecule has 1 fully saturated rings. The van der Waals surface area contributed by atoms with Crippen LogP contribution in [0.25, 0.3) is 0 Å². The van der Waals surface area contributed by atoms with Gasteiger partial charge in [0.2, 0.25) is 11.7 Å². The van der Waals surface area contributed by atoms with Crippen LogP contribution < -0.4 is 14.2 Å². The van der Waals surface area contributed by atoms with Crippen molar-refractivity contribution in [3.63, 3.8) is 0 Å². The molecule has 0 unspecified atom stereocenters. The van der Waals surface area contributed by atoms with E-state index in [2.05, 4.69) is 16.3 Å². The van der Waals surface area contributed by atoms with Crippen molar-refractivity contribution in [2.75, 3.05) is 47.5 Å². The molecule has 152 valence electrons. The molecule has 0 radical (unpaired) electrons. The minimum atomic E-state index is 0.247. The third kappa shape index (κ3) is 4.77. The molecule has 2 aromatic rings. The summed E-state index contributed by atoms with van der Waals surface area (Å²) >= 11 is 1.71. The lowest BCUT2D eigenvalue weighted by molar-refractivity contribution is -0.132. The Labute approximate surface area is 170 Å². The van der Waals surface area contributed by atoms with E-state index in [0.717, 1.165) is 44.7 Å². The Morgan fingerprint density at radius 1 is 1.00 bits per heavy atom. The van der Waals surface area contributed by atoms with Gasteiger partial charge in [-0.2, -0.15) is 0 Å². The van der Waals surface area contributed by atoms with Gasteiger partial charge in [0.1, 0.15) is 0 Å². The first-order valence-electron chi connectivity index (χ1n) is 9.46. The number of ether oxygens (including phenoxy) is 3. The molecule has 1 aromatic heterocycles. The molecule has 0 N–H and O–H groups in total. The molecule has 1 aliphatic rings. The zero-order chi connectivity index (χ0) is 19.9. The fourth-order valence-corrected chi connectivity index (χ4v) is 4.24. The fourth-order valence-electron chi connectivity index (χ4n) is 3.53. The van der Waals surface area contributed by atoms with E-state index in [1.165, 1.54) is 4.88 Å². The summed E-state index contributed by atoms with van der Waals surface area (Å²) in [6.45, 7) is 3.98. The van der Waals surface area contributed by atoms with Crippen molar-refractivity contribution in [2.24, 2.45) is 0 Å². The maximum Gasteiger partial charge on any atom is 0.223 e. The number of aryl methyl sites for hydroxylation is 1. The van der Waals surface area contributed by atoms with Gasteiger partial charge >= 0.3 is 0 Å². The average Bonchev–Trinajstić information content (AvgIpc) is 3.25. The van der Waals surface area contributed by atoms with Crippen LogP contribution in [0.15, 0.2) is 29.6 Å². The van der Waals surface area contributed by atoms with E-state index in [9.17, 15) is 4.79 Å². The Hall–Kier alpha value is -2.25. The van der Waals surface area contributed by atoms with Gasteiger partial charge in [0.05, 0.1) is 21.3 Å². The topological polar surface area (TPSA) is 51.2 Å². The lowest BCUT2D eigenvalue weighted by Crippen LogP contribution is -2.48. The number of carbonyl (C=O) groups excluding carboxylic acids is 1. The van der Waals surface area contributed by atoms with Crippen LogP contribution in [0.1, 0.15) is 16.9 Å². The second-order valence-corrected chi connectivity index (χ2v) is 7.76. The molecular weight excluding hydrogens is 376 g/mol. The summed E-state index contributed by atoms with van der Waals surface area (Å²) in [5.74, 6) is 2.22. The maximum absolute atomic E-state index is 12.5. The summed E-state index contributed by atoms with van der Waals surface area (Å²) < 4.78 is 16.4. The predicted molar refractivity (Wildman–Crippen MR) is 111 cm³/mol. The van der Waals surface area contributed by atoms with E-state index in [4.69, 9.17) is 14.2 Å². The Bertz CT molecular complexity index is 771. The van der Waals surface area contributed by atoms with Crippen molar-refractivity contribution in [3.05, 3.63) is 40.1 Å². The molecule has 0 atom stereocenters. The van der Waals surface area contributed by atoms with Crippen LogP contribution >= 0.6 is 11.3 Å². The molecule has 1 aromatic carbocycles. The Morgan fingerprint density at radius 3 is 2.36 bits per heavy atom. The van der Waals surface area contributed by atoms with Crippen LogP contribution in [0.2, 0.25) is 0 Å². The summed E-state index contributed by atoms with van der Waals surface area (Å²) in [6.07, 6.45) is 1.42. The Morgan fingerprint density at radius 2 is 1.75 bits per heavy atom. The van der Waals surface area contributed by atoms with Gasteiger partial charge in [-0.05, 0) is 23.9 Å². The molecule has 0 spiro atoms. The van der Waals surface area contributed by atoms with Gasteiger partial charge in [-0.3, -0.25) is 9.69 Å². The highest BCUT2D eigenvalue weighted by molar-refractivity contribution is 7.09. The van der Waals surface area contributed by atoms with Gasteiger partial charge in [-0.25, -0.2) is 0 Å². The summed E-state index contributed by atoms with van der Waals surface area (Å²) in [5.41, 5.74) is 1.05. The zero-order valence-corrected chi connectivity index (χ0v) is 17.6. The number of nitrogens with zero attached hydrogens (tertiary/aromatic N) is 2. The van der Waals surface area contributed by atoms with Gasteiger partial charge in [0, 0.05) is 49.6 Å². The number of hydrogen-bond acceptors (Lipinski definition) is 6. The van der Waals surface area contributed by atoms with E-state index in [1.54, 1.807) is 32.7 Å². The minimum Gasteiger partial charge on any atom is -0.493 e. The van der Waals surface area contributed by atoms with Gasteiger partial charge in [0.15, 0.2) is 11.5 Å². The number of piperazine rings is 1. The first-order chi connectivity index (χ1) is 13.7. The van der Waals surface area contributed by atoms with Crippen molar-refractivity contribution in [1.82, 2.24) is 9.80 Å². The highest BCUT2D eigenvalue weighted by atomic mass is 32.1. The normalized spacial score (nSPS) is 14.8. The number of benzene rings is 1. The zero-order valence-electron chi connectivity index (χ0n) is 16.8. The maximum atomic E-state index is 12.5. The average molecular weight is 405 g/mol. The minimum absolute atomic E-state index is 0.247. The first-order valence-corrected chi connectivity index (χ1v) is 10.3. The van der Waals surface area contributed by atoms with Crippen LogP contribution in [0.5, 0.6) is 17.2 Å². The van der Waals surface area contributed by atoms with E-state index in [-0.39, 0.29) is 5.91 Å². The molecule has 2 heterocycles. The van der Waals surface area contributed by atoms with Crippen molar-refractivity contribution in [1.29, 1.82) is 0 Å². The van der Waals surface area contributed by atoms with Crippen molar-refractivity contribution < 1.29 is 19.0 Å². The number of methoxy groups -OCH3 is 3. The van der Waals surface area contributed by atoms with Gasteiger partial charge in [0.25, 0.3) is 0 Å². The highest BCUT2D eigenvalue weighted by Gasteiger charge is 2.23. The number of carbonyl (C=O) groups is 1. The van der Waals surface area contributed by atoms with E-state index >= 15 is 0 Å². The quantitative estimate of drug-likeness (QED) is 0.677. The molecule has 28 heavy (non-hydrogen) atoms. The standard InChI is InChI=1S/C21H28N2O4S/c1-25-18-8-6-16(20(26-2)21(18)27-3)15-22-10-12-23(13-11-22)19(24)9-7-17-5-4-14-28-17/h4-6,8,14H,7,9-13,15H2,1-3H3. The van der Waals surface area contributed by atoms with Crippen LogP contribution in [0.3, 0.4) is 0 Å².